The van der Waals surface area contributed by atoms with E-state index in [2.05, 4.69) is 48.5 Å². The Labute approximate surface area is 217 Å². The lowest BCUT2D eigenvalue weighted by molar-refractivity contribution is -0.165. The standard InChI is InChI=1S/C33H56O2/c1-9-25(21(2)3)11-10-22(4)26-14-16-31(8)29-13-12-27-23(5)28(35-24(6)34)15-17-32(27)20-33(29,32)19-18-30(26,31)7/h21-23,25-29H,9-20H2,1-8H3. The van der Waals surface area contributed by atoms with Crippen molar-refractivity contribution >= 4 is 5.97 Å². The number of carbonyl (C=O) groups excluding carboxylic acids is 1. The fraction of sp³-hybridized carbons (Fsp3) is 0.970. The maximum absolute atomic E-state index is 11.7. The minimum Gasteiger partial charge on any atom is -0.462 e. The number of ether oxygens (including phenoxy) is 1. The summed E-state index contributed by atoms with van der Waals surface area (Å²) in [6.45, 7) is 19.4. The van der Waals surface area contributed by atoms with E-state index in [0.29, 0.717) is 27.6 Å². The molecule has 2 spiro atoms. The Kier molecular flexibility index (Phi) is 6.53. The van der Waals surface area contributed by atoms with Gasteiger partial charge in [0.15, 0.2) is 0 Å². The van der Waals surface area contributed by atoms with Crippen molar-refractivity contribution in [1.82, 2.24) is 0 Å². The third-order valence-corrected chi connectivity index (χ3v) is 14.2. The summed E-state index contributed by atoms with van der Waals surface area (Å²) in [6.07, 6.45) is 17.0. The molecule has 11 unspecified atom stereocenters. The van der Waals surface area contributed by atoms with E-state index >= 15 is 0 Å². The van der Waals surface area contributed by atoms with Crippen LogP contribution in [-0.2, 0) is 9.53 Å². The van der Waals surface area contributed by atoms with Gasteiger partial charge in [0.2, 0.25) is 0 Å². The highest BCUT2D eigenvalue weighted by Crippen LogP contribution is 2.88. The topological polar surface area (TPSA) is 26.3 Å². The normalized spacial score (nSPS) is 49.9. The molecule has 0 N–H and O–H groups in total. The van der Waals surface area contributed by atoms with Crippen molar-refractivity contribution < 1.29 is 9.53 Å². The number of esters is 1. The molecule has 200 valence electrons. The molecular weight excluding hydrogens is 428 g/mol. The Hall–Kier alpha value is -0.530. The Morgan fingerprint density at radius 2 is 1.66 bits per heavy atom. The fourth-order valence-corrected chi connectivity index (χ4v) is 12.0. The SMILES string of the molecule is CCC(CCC(C)C1CCC2(C)C3CCC4C(C)C(OC(C)=O)CCC45CC35CCC12C)C(C)C. The van der Waals surface area contributed by atoms with E-state index in [9.17, 15) is 4.79 Å². The second-order valence-corrected chi connectivity index (χ2v) is 15.2. The minimum atomic E-state index is -0.0808. The summed E-state index contributed by atoms with van der Waals surface area (Å²) in [5, 5.41) is 0. The quantitative estimate of drug-likeness (QED) is 0.337. The van der Waals surface area contributed by atoms with Crippen LogP contribution in [0.15, 0.2) is 0 Å². The maximum atomic E-state index is 11.7. The Morgan fingerprint density at radius 3 is 2.31 bits per heavy atom. The fourth-order valence-electron chi connectivity index (χ4n) is 12.0. The average molecular weight is 485 g/mol. The van der Waals surface area contributed by atoms with Gasteiger partial charge in [0.05, 0.1) is 0 Å². The minimum absolute atomic E-state index is 0.0808. The van der Waals surface area contributed by atoms with E-state index in [1.807, 2.05) is 0 Å². The molecule has 0 heterocycles. The third kappa shape index (κ3) is 3.56. The summed E-state index contributed by atoms with van der Waals surface area (Å²) in [5.74, 6) is 5.68. The molecule has 35 heavy (non-hydrogen) atoms. The first-order valence-electron chi connectivity index (χ1n) is 15.6. The lowest BCUT2D eigenvalue weighted by Crippen LogP contribution is -2.56. The zero-order chi connectivity index (χ0) is 25.4. The van der Waals surface area contributed by atoms with Crippen LogP contribution >= 0.6 is 0 Å². The Bertz CT molecular complexity index is 818. The molecule has 5 fully saturated rings. The number of rotatable bonds is 7. The molecule has 0 aliphatic heterocycles. The molecule has 5 rings (SSSR count). The van der Waals surface area contributed by atoms with Crippen molar-refractivity contribution in [2.24, 2.45) is 63.1 Å². The molecule has 0 bridgehead atoms. The molecule has 0 aromatic rings. The van der Waals surface area contributed by atoms with Gasteiger partial charge in [0, 0.05) is 6.92 Å². The van der Waals surface area contributed by atoms with Crippen LogP contribution in [0.2, 0.25) is 0 Å². The van der Waals surface area contributed by atoms with Crippen molar-refractivity contribution in [2.75, 3.05) is 0 Å². The van der Waals surface area contributed by atoms with E-state index in [1.54, 1.807) is 6.92 Å². The van der Waals surface area contributed by atoms with Crippen LogP contribution < -0.4 is 0 Å². The van der Waals surface area contributed by atoms with Crippen LogP contribution in [0, 0.1) is 63.1 Å². The smallest absolute Gasteiger partial charge is 0.302 e. The molecule has 5 aliphatic rings. The van der Waals surface area contributed by atoms with Gasteiger partial charge in [0.1, 0.15) is 6.10 Å². The molecule has 0 aromatic heterocycles. The van der Waals surface area contributed by atoms with Crippen LogP contribution in [-0.4, -0.2) is 12.1 Å². The first kappa shape index (κ1) is 26.1. The monoisotopic (exact) mass is 484 g/mol. The zero-order valence-corrected chi connectivity index (χ0v) is 24.4. The lowest BCUT2D eigenvalue weighted by Gasteiger charge is -2.62. The van der Waals surface area contributed by atoms with Gasteiger partial charge in [-0.25, -0.2) is 0 Å². The van der Waals surface area contributed by atoms with Gasteiger partial charge >= 0.3 is 5.97 Å². The zero-order valence-electron chi connectivity index (χ0n) is 24.4. The highest BCUT2D eigenvalue weighted by molar-refractivity contribution is 5.66. The van der Waals surface area contributed by atoms with Gasteiger partial charge in [-0.15, -0.1) is 0 Å². The van der Waals surface area contributed by atoms with Crippen LogP contribution in [0.1, 0.15) is 132 Å². The molecule has 5 saturated carbocycles. The lowest BCUT2D eigenvalue weighted by atomic mass is 9.43. The van der Waals surface area contributed by atoms with Crippen LogP contribution in [0.3, 0.4) is 0 Å². The molecule has 0 amide bonds. The largest absolute Gasteiger partial charge is 0.462 e. The van der Waals surface area contributed by atoms with E-state index in [0.717, 1.165) is 41.9 Å². The third-order valence-electron chi connectivity index (χ3n) is 14.2. The highest BCUT2D eigenvalue weighted by Gasteiger charge is 2.81. The molecule has 0 aromatic carbocycles. The van der Waals surface area contributed by atoms with E-state index in [-0.39, 0.29) is 12.1 Å². The van der Waals surface area contributed by atoms with Crippen LogP contribution in [0.25, 0.3) is 0 Å². The van der Waals surface area contributed by atoms with Crippen LogP contribution in [0.5, 0.6) is 0 Å². The van der Waals surface area contributed by atoms with Gasteiger partial charge in [-0.1, -0.05) is 61.3 Å². The summed E-state index contributed by atoms with van der Waals surface area (Å²) >= 11 is 0. The van der Waals surface area contributed by atoms with Crippen LogP contribution in [0.4, 0.5) is 0 Å². The van der Waals surface area contributed by atoms with Gasteiger partial charge < -0.3 is 4.74 Å². The van der Waals surface area contributed by atoms with Crippen molar-refractivity contribution in [3.8, 4) is 0 Å². The molecule has 2 nitrogen and oxygen atoms in total. The molecule has 0 saturated heterocycles. The average Bonchev–Trinajstić information content (AvgIpc) is 3.38. The second-order valence-electron chi connectivity index (χ2n) is 15.2. The van der Waals surface area contributed by atoms with E-state index < -0.39 is 0 Å². The van der Waals surface area contributed by atoms with Gasteiger partial charge in [-0.3, -0.25) is 4.79 Å². The number of hydrogen-bond donors (Lipinski definition) is 0. The second kappa shape index (κ2) is 8.76. The predicted octanol–water partition coefficient (Wildman–Crippen LogP) is 9.07. The van der Waals surface area contributed by atoms with Crippen molar-refractivity contribution in [3.05, 3.63) is 0 Å². The Morgan fingerprint density at radius 1 is 0.914 bits per heavy atom. The first-order chi connectivity index (χ1) is 16.5. The van der Waals surface area contributed by atoms with Gasteiger partial charge in [-0.05, 0) is 127 Å². The molecule has 2 heteroatoms. The van der Waals surface area contributed by atoms with Gasteiger partial charge in [-0.2, -0.15) is 0 Å². The summed E-state index contributed by atoms with van der Waals surface area (Å²) in [5.41, 5.74) is 2.24. The molecular formula is C33H56O2. The molecule has 0 radical (unpaired) electrons. The van der Waals surface area contributed by atoms with Crippen molar-refractivity contribution in [3.63, 3.8) is 0 Å². The summed E-state index contributed by atoms with van der Waals surface area (Å²) in [7, 11) is 0. The van der Waals surface area contributed by atoms with Crippen molar-refractivity contribution in [2.45, 2.75) is 139 Å². The first-order valence-corrected chi connectivity index (χ1v) is 15.6. The number of hydrogen-bond acceptors (Lipinski definition) is 2. The van der Waals surface area contributed by atoms with E-state index in [1.165, 1.54) is 70.6 Å². The molecule has 11 atom stereocenters. The highest BCUT2D eigenvalue weighted by atomic mass is 16.5. The summed E-state index contributed by atoms with van der Waals surface area (Å²) in [4.78, 5) is 11.7. The number of carbonyl (C=O) groups is 1. The maximum Gasteiger partial charge on any atom is 0.302 e. The number of fused-ring (bicyclic) bond motifs is 2. The van der Waals surface area contributed by atoms with E-state index in [4.69, 9.17) is 4.74 Å². The van der Waals surface area contributed by atoms with Gasteiger partial charge in [0.25, 0.3) is 0 Å². The molecule has 5 aliphatic carbocycles. The summed E-state index contributed by atoms with van der Waals surface area (Å²) < 4.78 is 5.82. The Balaban J connectivity index is 1.33. The summed E-state index contributed by atoms with van der Waals surface area (Å²) in [6, 6.07) is 0. The predicted molar refractivity (Wildman–Crippen MR) is 145 cm³/mol. The van der Waals surface area contributed by atoms with Crippen molar-refractivity contribution in [1.29, 1.82) is 0 Å².